The van der Waals surface area contributed by atoms with Crippen molar-refractivity contribution >= 4 is 28.2 Å². The number of hydrogen-bond acceptors (Lipinski definition) is 4. The van der Waals surface area contributed by atoms with Gasteiger partial charge in [-0.15, -0.1) is 11.3 Å². The molecular formula is C7H5F3O3S2. The van der Waals surface area contributed by atoms with Crippen molar-refractivity contribution in [2.45, 2.75) is 5.51 Å². The highest BCUT2D eigenvalue weighted by Gasteiger charge is 2.39. The number of carbonyl (C=O) groups excluding carboxylic acids is 1. The predicted octanol–water partition coefficient (Wildman–Crippen LogP) is 2.13. The van der Waals surface area contributed by atoms with Crippen molar-refractivity contribution in [2.24, 2.45) is 0 Å². The lowest BCUT2D eigenvalue weighted by molar-refractivity contribution is -0.0467. The summed E-state index contributed by atoms with van der Waals surface area (Å²) in [6.45, 7) is -0.841. The van der Waals surface area contributed by atoms with Crippen LogP contribution in [0.4, 0.5) is 13.2 Å². The number of alkyl halides is 3. The van der Waals surface area contributed by atoms with Crippen LogP contribution in [0.15, 0.2) is 17.5 Å². The van der Waals surface area contributed by atoms with E-state index in [-0.39, 0.29) is 4.88 Å². The van der Waals surface area contributed by atoms with Crippen LogP contribution in [0.5, 0.6) is 0 Å². The van der Waals surface area contributed by atoms with Crippen LogP contribution in [0.2, 0.25) is 0 Å². The Morgan fingerprint density at radius 2 is 2.20 bits per heavy atom. The molecule has 0 spiro atoms. The van der Waals surface area contributed by atoms with Gasteiger partial charge in [0.1, 0.15) is 6.61 Å². The molecule has 0 aromatic carbocycles. The van der Waals surface area contributed by atoms with Crippen LogP contribution < -0.4 is 0 Å². The summed E-state index contributed by atoms with van der Waals surface area (Å²) in [4.78, 5) is 11.4. The molecule has 1 unspecified atom stereocenters. The molecule has 1 atom stereocenters. The molecule has 0 bridgehead atoms. The molecule has 0 aliphatic carbocycles. The van der Waals surface area contributed by atoms with Gasteiger partial charge in [-0.2, -0.15) is 13.2 Å². The van der Waals surface area contributed by atoms with E-state index in [2.05, 4.69) is 4.18 Å². The van der Waals surface area contributed by atoms with Gasteiger partial charge in [-0.25, -0.2) is 4.21 Å². The second-order valence-electron chi connectivity index (χ2n) is 2.34. The van der Waals surface area contributed by atoms with E-state index in [9.17, 15) is 22.2 Å². The minimum atomic E-state index is -4.95. The molecule has 0 amide bonds. The van der Waals surface area contributed by atoms with Crippen LogP contribution in [0, 0.1) is 0 Å². The lowest BCUT2D eigenvalue weighted by Crippen LogP contribution is -2.21. The first kappa shape index (κ1) is 12.3. The van der Waals surface area contributed by atoms with Crippen LogP contribution in [-0.2, 0) is 15.3 Å². The second kappa shape index (κ2) is 4.86. The summed E-state index contributed by atoms with van der Waals surface area (Å²) in [6.07, 6.45) is 0. The third-order valence-corrected chi connectivity index (χ3v) is 2.90. The highest BCUT2D eigenvalue weighted by molar-refractivity contribution is 7.81. The average molecular weight is 258 g/mol. The highest BCUT2D eigenvalue weighted by Crippen LogP contribution is 2.21. The zero-order valence-electron chi connectivity index (χ0n) is 7.11. The van der Waals surface area contributed by atoms with Gasteiger partial charge < -0.3 is 0 Å². The standard InChI is InChI=1S/C7H5F3O3S2/c8-7(9,10)15(12)13-4-5(11)6-2-1-3-14-6/h1-3H,4H2. The summed E-state index contributed by atoms with van der Waals surface area (Å²) in [5.41, 5.74) is -4.95. The number of hydrogen-bond donors (Lipinski definition) is 0. The van der Waals surface area contributed by atoms with Gasteiger partial charge in [0.2, 0.25) is 0 Å². The molecule has 0 aliphatic heterocycles. The molecular weight excluding hydrogens is 253 g/mol. The van der Waals surface area contributed by atoms with E-state index in [0.717, 1.165) is 11.3 Å². The highest BCUT2D eigenvalue weighted by atomic mass is 32.2. The third kappa shape index (κ3) is 3.73. The van der Waals surface area contributed by atoms with Gasteiger partial charge in [0.25, 0.3) is 11.1 Å². The largest absolute Gasteiger partial charge is 0.497 e. The minimum Gasteiger partial charge on any atom is -0.291 e. The van der Waals surface area contributed by atoms with Gasteiger partial charge in [0.05, 0.1) is 4.88 Å². The van der Waals surface area contributed by atoms with Crippen molar-refractivity contribution in [3.05, 3.63) is 22.4 Å². The fourth-order valence-electron chi connectivity index (χ4n) is 0.682. The third-order valence-electron chi connectivity index (χ3n) is 1.28. The van der Waals surface area contributed by atoms with Crippen LogP contribution in [0.25, 0.3) is 0 Å². The summed E-state index contributed by atoms with van der Waals surface area (Å²) in [5.74, 6) is -0.623. The summed E-state index contributed by atoms with van der Waals surface area (Å²) in [6, 6.07) is 3.03. The number of rotatable bonds is 4. The lowest BCUT2D eigenvalue weighted by Gasteiger charge is -2.04. The second-order valence-corrected chi connectivity index (χ2v) is 4.46. The molecule has 0 saturated heterocycles. The Balaban J connectivity index is 2.45. The predicted molar refractivity (Wildman–Crippen MR) is 48.8 cm³/mol. The molecule has 84 valence electrons. The van der Waals surface area contributed by atoms with E-state index >= 15 is 0 Å². The van der Waals surface area contributed by atoms with Crippen molar-refractivity contribution in [1.29, 1.82) is 0 Å². The minimum absolute atomic E-state index is 0.272. The van der Waals surface area contributed by atoms with Gasteiger partial charge in [0, 0.05) is 0 Å². The fraction of sp³-hybridized carbons (Fsp3) is 0.286. The maximum absolute atomic E-state index is 11.7. The number of halogens is 3. The summed E-state index contributed by atoms with van der Waals surface area (Å²) in [7, 11) is 0. The molecule has 1 aromatic heterocycles. The van der Waals surface area contributed by atoms with Crippen LogP contribution >= 0.6 is 11.3 Å². The molecule has 1 rings (SSSR count). The Bertz CT molecular complexity index is 358. The molecule has 3 nitrogen and oxygen atoms in total. The van der Waals surface area contributed by atoms with Crippen molar-refractivity contribution in [1.82, 2.24) is 0 Å². The normalized spacial score (nSPS) is 13.8. The first-order valence-electron chi connectivity index (χ1n) is 3.60. The molecule has 0 fully saturated rings. The number of ketones is 1. The van der Waals surface area contributed by atoms with Crippen LogP contribution in [-0.4, -0.2) is 22.1 Å². The molecule has 8 heteroatoms. The van der Waals surface area contributed by atoms with E-state index < -0.39 is 29.0 Å². The first-order chi connectivity index (χ1) is 6.91. The maximum atomic E-state index is 11.7. The van der Waals surface area contributed by atoms with Crippen molar-refractivity contribution in [3.63, 3.8) is 0 Å². The molecule has 0 saturated carbocycles. The Morgan fingerprint density at radius 1 is 1.53 bits per heavy atom. The molecule has 0 N–H and O–H groups in total. The van der Waals surface area contributed by atoms with Crippen molar-refractivity contribution in [3.8, 4) is 0 Å². The van der Waals surface area contributed by atoms with E-state index in [0.29, 0.717) is 0 Å². The van der Waals surface area contributed by atoms with Gasteiger partial charge in [-0.3, -0.25) is 8.98 Å². The smallest absolute Gasteiger partial charge is 0.291 e. The Hall–Kier alpha value is -0.730. The van der Waals surface area contributed by atoms with E-state index in [1.165, 1.54) is 6.07 Å². The molecule has 1 aromatic rings. The number of Topliss-reactive ketones (excluding diaryl/α,β-unsaturated/α-hetero) is 1. The Labute approximate surface area is 89.5 Å². The van der Waals surface area contributed by atoms with Gasteiger partial charge >= 0.3 is 5.51 Å². The van der Waals surface area contributed by atoms with Crippen molar-refractivity contribution in [2.75, 3.05) is 6.61 Å². The van der Waals surface area contributed by atoms with Crippen LogP contribution in [0.1, 0.15) is 9.67 Å². The molecule has 0 aliphatic rings. The Kier molecular flexibility index (Phi) is 4.00. The molecule has 1 heterocycles. The lowest BCUT2D eigenvalue weighted by atomic mass is 10.3. The van der Waals surface area contributed by atoms with E-state index in [4.69, 9.17) is 0 Å². The van der Waals surface area contributed by atoms with Crippen LogP contribution in [0.3, 0.4) is 0 Å². The van der Waals surface area contributed by atoms with Crippen molar-refractivity contribution < 1.29 is 26.4 Å². The monoisotopic (exact) mass is 258 g/mol. The van der Waals surface area contributed by atoms with Gasteiger partial charge in [-0.1, -0.05) is 6.07 Å². The number of thiophene rings is 1. The molecule has 15 heavy (non-hydrogen) atoms. The number of carbonyl (C=O) groups is 1. The average Bonchev–Trinajstić information content (AvgIpc) is 2.64. The topological polar surface area (TPSA) is 43.4 Å². The Morgan fingerprint density at radius 3 is 2.67 bits per heavy atom. The SMILES string of the molecule is O=C(COS(=O)C(F)(F)F)c1cccs1. The summed E-state index contributed by atoms with van der Waals surface area (Å²) >= 11 is -2.36. The summed E-state index contributed by atoms with van der Waals surface area (Å²) < 4.78 is 49.4. The quantitative estimate of drug-likeness (QED) is 0.777. The van der Waals surface area contributed by atoms with Gasteiger partial charge in [0.15, 0.2) is 5.78 Å². The zero-order valence-corrected chi connectivity index (χ0v) is 8.75. The summed E-state index contributed by atoms with van der Waals surface area (Å²) in [5, 5.41) is 1.61. The van der Waals surface area contributed by atoms with Gasteiger partial charge in [-0.05, 0) is 11.4 Å². The fourth-order valence-corrected chi connectivity index (χ4v) is 1.68. The molecule has 0 radical (unpaired) electrons. The maximum Gasteiger partial charge on any atom is 0.497 e. The van der Waals surface area contributed by atoms with E-state index in [1.54, 1.807) is 11.4 Å². The van der Waals surface area contributed by atoms with E-state index in [1.807, 2.05) is 0 Å². The zero-order chi connectivity index (χ0) is 11.5. The first-order valence-corrected chi connectivity index (χ1v) is 5.55.